The monoisotopic (exact) mass is 404 g/mol. The minimum atomic E-state index is -3.60. The number of amides is 2. The van der Waals surface area contributed by atoms with Crippen molar-refractivity contribution in [2.45, 2.75) is 46.2 Å². The van der Waals surface area contributed by atoms with Crippen molar-refractivity contribution in [3.63, 3.8) is 0 Å². The van der Waals surface area contributed by atoms with Crippen LogP contribution in [0.25, 0.3) is 0 Å². The van der Waals surface area contributed by atoms with Gasteiger partial charge in [0.25, 0.3) is 0 Å². The van der Waals surface area contributed by atoms with E-state index in [1.807, 2.05) is 44.2 Å². The topological polar surface area (TPSA) is 75.7 Å². The molecule has 0 saturated heterocycles. The maximum Gasteiger partial charge on any atom is 0.322 e. The molecule has 0 aliphatic heterocycles. The fourth-order valence-electron chi connectivity index (χ4n) is 2.78. The Morgan fingerprint density at radius 1 is 1.11 bits per heavy atom. The number of rotatable bonds is 8. The van der Waals surface area contributed by atoms with Crippen LogP contribution in [0, 0.1) is 0 Å². The normalized spacial score (nSPS) is 12.3. The van der Waals surface area contributed by atoms with Gasteiger partial charge < -0.3 is 14.4 Å². The van der Waals surface area contributed by atoms with Crippen LogP contribution in [0.3, 0.4) is 0 Å². The summed E-state index contributed by atoms with van der Waals surface area (Å²) in [5, 5.41) is 2.96. The second-order valence-electron chi connectivity index (χ2n) is 6.80. The van der Waals surface area contributed by atoms with Gasteiger partial charge in [-0.25, -0.2) is 4.79 Å². The second-order valence-corrected chi connectivity index (χ2v) is 8.38. The number of hydrogen-bond donors (Lipinski definition) is 1. The average Bonchev–Trinajstić information content (AvgIpc) is 2.64. The maximum atomic E-state index is 12.9. The van der Waals surface area contributed by atoms with Gasteiger partial charge in [0.05, 0.1) is 6.26 Å². The first-order valence-corrected chi connectivity index (χ1v) is 11.2. The summed E-state index contributed by atoms with van der Waals surface area (Å²) >= 11 is 0. The molecule has 2 rings (SSSR count). The van der Waals surface area contributed by atoms with Gasteiger partial charge in [0.2, 0.25) is 0 Å². The summed E-state index contributed by atoms with van der Waals surface area (Å²) < 4.78 is 27.7. The van der Waals surface area contributed by atoms with Crippen molar-refractivity contribution in [3.8, 4) is 5.75 Å². The highest BCUT2D eigenvalue weighted by Gasteiger charge is 2.20. The summed E-state index contributed by atoms with van der Waals surface area (Å²) in [6, 6.07) is 14.4. The van der Waals surface area contributed by atoms with Gasteiger partial charge in [-0.05, 0) is 55.2 Å². The molecule has 7 heteroatoms. The van der Waals surface area contributed by atoms with E-state index in [-0.39, 0.29) is 17.8 Å². The number of hydrogen-bond acceptors (Lipinski definition) is 4. The molecule has 0 spiro atoms. The molecule has 6 nitrogen and oxygen atoms in total. The number of anilines is 1. The molecule has 1 atom stereocenters. The lowest BCUT2D eigenvalue weighted by Gasteiger charge is -2.29. The van der Waals surface area contributed by atoms with Crippen LogP contribution in [0.15, 0.2) is 48.5 Å². The zero-order chi connectivity index (χ0) is 20.7. The van der Waals surface area contributed by atoms with Crippen LogP contribution in [0.5, 0.6) is 5.75 Å². The van der Waals surface area contributed by atoms with Crippen LogP contribution in [-0.4, -0.2) is 31.6 Å². The molecule has 2 amide bonds. The van der Waals surface area contributed by atoms with E-state index in [1.54, 1.807) is 23.1 Å². The quantitative estimate of drug-likeness (QED) is 0.661. The number of nitrogens with zero attached hydrogens (tertiary/aromatic N) is 1. The van der Waals surface area contributed by atoms with Gasteiger partial charge in [0, 0.05) is 18.3 Å². The molecule has 0 saturated carbocycles. The Hall–Kier alpha value is -2.54. The number of nitrogens with one attached hydrogen (secondary N) is 1. The van der Waals surface area contributed by atoms with Gasteiger partial charge in [-0.1, -0.05) is 38.1 Å². The summed E-state index contributed by atoms with van der Waals surface area (Å²) in [5.41, 5.74) is 2.70. The minimum Gasteiger partial charge on any atom is -0.383 e. The van der Waals surface area contributed by atoms with Gasteiger partial charge >= 0.3 is 16.1 Å². The van der Waals surface area contributed by atoms with Crippen molar-refractivity contribution < 1.29 is 17.4 Å². The molecule has 0 aliphatic rings. The van der Waals surface area contributed by atoms with Gasteiger partial charge in [-0.2, -0.15) is 8.42 Å². The van der Waals surface area contributed by atoms with Crippen LogP contribution in [0.2, 0.25) is 0 Å². The molecule has 152 valence electrons. The van der Waals surface area contributed by atoms with E-state index in [0.29, 0.717) is 6.54 Å². The highest BCUT2D eigenvalue weighted by molar-refractivity contribution is 7.86. The first-order valence-electron chi connectivity index (χ1n) is 9.36. The number of carbonyl (C=O) groups excluding carboxylic acids is 1. The maximum absolute atomic E-state index is 12.9. The van der Waals surface area contributed by atoms with Crippen molar-refractivity contribution in [1.82, 2.24) is 4.90 Å². The molecule has 0 bridgehead atoms. The van der Waals surface area contributed by atoms with Gasteiger partial charge in [0.1, 0.15) is 5.75 Å². The highest BCUT2D eigenvalue weighted by atomic mass is 32.2. The van der Waals surface area contributed by atoms with Crippen molar-refractivity contribution >= 4 is 21.8 Å². The molecule has 1 N–H and O–H groups in total. The first-order chi connectivity index (χ1) is 13.2. The minimum absolute atomic E-state index is 0.00819. The summed E-state index contributed by atoms with van der Waals surface area (Å²) in [6.45, 7) is 6.41. The van der Waals surface area contributed by atoms with E-state index >= 15 is 0 Å². The predicted molar refractivity (Wildman–Crippen MR) is 112 cm³/mol. The smallest absolute Gasteiger partial charge is 0.322 e. The summed E-state index contributed by atoms with van der Waals surface area (Å²) in [7, 11) is -3.60. The number of benzene rings is 2. The van der Waals surface area contributed by atoms with Crippen LogP contribution < -0.4 is 9.50 Å². The lowest BCUT2D eigenvalue weighted by atomic mass is 10.1. The molecule has 0 aliphatic carbocycles. The van der Waals surface area contributed by atoms with Crippen LogP contribution in [0.1, 0.15) is 38.3 Å². The van der Waals surface area contributed by atoms with Gasteiger partial charge in [-0.15, -0.1) is 0 Å². The van der Waals surface area contributed by atoms with Crippen molar-refractivity contribution in [2.75, 3.05) is 11.6 Å². The Balaban J connectivity index is 2.19. The zero-order valence-corrected chi connectivity index (χ0v) is 17.6. The van der Waals surface area contributed by atoms with Crippen LogP contribution in [-0.2, 0) is 23.1 Å². The summed E-state index contributed by atoms with van der Waals surface area (Å²) in [6.07, 6.45) is 2.69. The Morgan fingerprint density at radius 3 is 2.43 bits per heavy atom. The number of urea groups is 1. The van der Waals surface area contributed by atoms with Crippen molar-refractivity contribution in [1.29, 1.82) is 0 Å². The molecular formula is C21H28N2O4S. The predicted octanol–water partition coefficient (Wildman–Crippen LogP) is 4.42. The third-order valence-electron chi connectivity index (χ3n) is 4.47. The molecule has 0 aromatic heterocycles. The molecule has 28 heavy (non-hydrogen) atoms. The van der Waals surface area contributed by atoms with Crippen molar-refractivity contribution in [2.24, 2.45) is 0 Å². The third kappa shape index (κ3) is 6.56. The lowest BCUT2D eigenvalue weighted by Crippen LogP contribution is -2.40. The summed E-state index contributed by atoms with van der Waals surface area (Å²) in [5.74, 6) is 0.236. The largest absolute Gasteiger partial charge is 0.383 e. The summed E-state index contributed by atoms with van der Waals surface area (Å²) in [4.78, 5) is 14.7. The molecule has 2 aromatic carbocycles. The third-order valence-corrected chi connectivity index (χ3v) is 4.96. The molecular weight excluding hydrogens is 376 g/mol. The Kier molecular flexibility index (Phi) is 7.45. The molecule has 0 heterocycles. The standard InChI is InChI=1S/C21H28N2O4S/c1-5-16(3)23(21(24)22-19-11-7-9-17(6-2)13-19)15-18-10-8-12-20(14-18)27-28(4,25)26/h7-14,16H,5-6,15H2,1-4H3,(H,22,24). The zero-order valence-electron chi connectivity index (χ0n) is 16.8. The SMILES string of the molecule is CCc1cccc(NC(=O)N(Cc2cccc(OS(C)(=O)=O)c2)C(C)CC)c1. The first kappa shape index (κ1) is 21.8. The van der Waals surface area contributed by atoms with E-state index in [4.69, 9.17) is 4.18 Å². The highest BCUT2D eigenvalue weighted by Crippen LogP contribution is 2.19. The molecule has 1 unspecified atom stereocenters. The van der Waals surface area contributed by atoms with E-state index in [0.717, 1.165) is 35.9 Å². The Bertz CT molecular complexity index is 912. The molecule has 2 aromatic rings. The van der Waals surface area contributed by atoms with Gasteiger partial charge in [-0.3, -0.25) is 0 Å². The second kappa shape index (κ2) is 9.59. The number of carbonyl (C=O) groups is 1. The van der Waals surface area contributed by atoms with Gasteiger partial charge in [0.15, 0.2) is 0 Å². The fourth-order valence-corrected chi connectivity index (χ4v) is 3.23. The lowest BCUT2D eigenvalue weighted by molar-refractivity contribution is 0.187. The number of aryl methyl sites for hydroxylation is 1. The Labute approximate surface area is 167 Å². The van der Waals surface area contributed by atoms with Crippen LogP contribution >= 0.6 is 0 Å². The van der Waals surface area contributed by atoms with E-state index in [1.165, 1.54) is 0 Å². The van der Waals surface area contributed by atoms with E-state index in [2.05, 4.69) is 12.2 Å². The van der Waals surface area contributed by atoms with Crippen molar-refractivity contribution in [3.05, 3.63) is 59.7 Å². The average molecular weight is 405 g/mol. The Morgan fingerprint density at radius 2 is 1.79 bits per heavy atom. The molecule has 0 fully saturated rings. The molecule has 0 radical (unpaired) electrons. The van der Waals surface area contributed by atoms with E-state index in [9.17, 15) is 13.2 Å². The van der Waals surface area contributed by atoms with E-state index < -0.39 is 10.1 Å². The fraction of sp³-hybridized carbons (Fsp3) is 0.381. The van der Waals surface area contributed by atoms with Crippen LogP contribution in [0.4, 0.5) is 10.5 Å².